The van der Waals surface area contributed by atoms with Gasteiger partial charge in [0.1, 0.15) is 0 Å². The molecule has 7 heteroatoms. The van der Waals surface area contributed by atoms with Crippen molar-refractivity contribution in [2.45, 2.75) is 25.7 Å². The van der Waals surface area contributed by atoms with E-state index < -0.39 is 0 Å². The molecule has 0 saturated carbocycles. The third kappa shape index (κ3) is 8.31. The van der Waals surface area contributed by atoms with E-state index in [1.807, 2.05) is 7.05 Å². The number of ether oxygens (including phenoxy) is 3. The van der Waals surface area contributed by atoms with Crippen LogP contribution in [0.5, 0.6) is 0 Å². The van der Waals surface area contributed by atoms with Crippen LogP contribution < -0.4 is 5.32 Å². The molecule has 2 rings (SSSR count). The van der Waals surface area contributed by atoms with Crippen molar-refractivity contribution >= 4 is 29.9 Å². The lowest BCUT2D eigenvalue weighted by molar-refractivity contribution is 0.0203. The number of guanidine groups is 1. The quantitative estimate of drug-likeness (QED) is 0.263. The number of halogens is 1. The molecule has 0 bridgehead atoms. The van der Waals surface area contributed by atoms with Gasteiger partial charge < -0.3 is 24.4 Å². The summed E-state index contributed by atoms with van der Waals surface area (Å²) in [7, 11) is 3.93. The van der Waals surface area contributed by atoms with Gasteiger partial charge in [0.25, 0.3) is 0 Å². The number of nitrogens with zero attached hydrogens (tertiary/aromatic N) is 2. The fourth-order valence-corrected chi connectivity index (χ4v) is 3.12. The Morgan fingerprint density at radius 1 is 1.17 bits per heavy atom. The minimum absolute atomic E-state index is 0. The summed E-state index contributed by atoms with van der Waals surface area (Å²) in [5.41, 5.74) is 0. The average Bonchev–Trinajstić information content (AvgIpc) is 3.08. The summed E-state index contributed by atoms with van der Waals surface area (Å²) in [6.07, 6.45) is 4.44. The lowest BCUT2D eigenvalue weighted by Gasteiger charge is -2.24. The molecule has 0 aromatic carbocycles. The van der Waals surface area contributed by atoms with Crippen LogP contribution in [0.25, 0.3) is 0 Å². The summed E-state index contributed by atoms with van der Waals surface area (Å²) < 4.78 is 16.6. The predicted octanol–water partition coefficient (Wildman–Crippen LogP) is 1.98. The minimum Gasteiger partial charge on any atom is -0.381 e. The molecular formula is C17H34IN3O3. The van der Waals surface area contributed by atoms with Crippen molar-refractivity contribution in [2.75, 3.05) is 66.8 Å². The summed E-state index contributed by atoms with van der Waals surface area (Å²) >= 11 is 0. The molecule has 0 aliphatic carbocycles. The fraction of sp³-hybridized carbons (Fsp3) is 0.941. The van der Waals surface area contributed by atoms with Crippen LogP contribution in [0.2, 0.25) is 0 Å². The molecule has 0 amide bonds. The second-order valence-electron chi connectivity index (χ2n) is 6.57. The van der Waals surface area contributed by atoms with E-state index in [0.717, 1.165) is 84.4 Å². The number of hydrogen-bond donors (Lipinski definition) is 1. The van der Waals surface area contributed by atoms with Crippen LogP contribution in [0.4, 0.5) is 0 Å². The van der Waals surface area contributed by atoms with Gasteiger partial charge in [-0.2, -0.15) is 0 Å². The SMILES string of the molecule is CN=C(NCCCOCC1CCOCC1)N(C)CC1CCOC1.I. The van der Waals surface area contributed by atoms with E-state index >= 15 is 0 Å². The lowest BCUT2D eigenvalue weighted by atomic mass is 10.0. The average molecular weight is 455 g/mol. The summed E-state index contributed by atoms with van der Waals surface area (Å²) in [5.74, 6) is 2.27. The Balaban J connectivity index is 0.00000288. The predicted molar refractivity (Wildman–Crippen MR) is 107 cm³/mol. The Morgan fingerprint density at radius 3 is 2.54 bits per heavy atom. The maximum absolute atomic E-state index is 5.79. The summed E-state index contributed by atoms with van der Waals surface area (Å²) in [6, 6.07) is 0. The maximum Gasteiger partial charge on any atom is 0.193 e. The zero-order valence-corrected chi connectivity index (χ0v) is 17.5. The van der Waals surface area contributed by atoms with Gasteiger partial charge in [-0.25, -0.2) is 0 Å². The summed E-state index contributed by atoms with van der Waals surface area (Å²) in [4.78, 5) is 6.55. The molecule has 2 aliphatic rings. The van der Waals surface area contributed by atoms with Crippen LogP contribution in [-0.4, -0.2) is 77.7 Å². The highest BCUT2D eigenvalue weighted by Gasteiger charge is 2.19. The van der Waals surface area contributed by atoms with Crippen LogP contribution in [0.3, 0.4) is 0 Å². The standard InChI is InChI=1S/C17H33N3O3.HI/c1-18-17(20(2)12-16-6-11-23-14-16)19-7-3-8-22-13-15-4-9-21-10-5-15;/h15-16H,3-14H2,1-2H3,(H,18,19);1H. The monoisotopic (exact) mass is 455 g/mol. The molecular weight excluding hydrogens is 421 g/mol. The van der Waals surface area contributed by atoms with Crippen LogP contribution in [0.1, 0.15) is 25.7 Å². The first-order chi connectivity index (χ1) is 11.3. The van der Waals surface area contributed by atoms with Crippen molar-refractivity contribution in [3.8, 4) is 0 Å². The molecule has 0 spiro atoms. The molecule has 142 valence electrons. The van der Waals surface area contributed by atoms with Crippen molar-refractivity contribution < 1.29 is 14.2 Å². The van der Waals surface area contributed by atoms with E-state index in [2.05, 4.69) is 22.3 Å². The second-order valence-corrected chi connectivity index (χ2v) is 6.57. The number of hydrogen-bond acceptors (Lipinski definition) is 4. The Morgan fingerprint density at radius 2 is 1.88 bits per heavy atom. The van der Waals surface area contributed by atoms with Crippen molar-refractivity contribution in [2.24, 2.45) is 16.8 Å². The van der Waals surface area contributed by atoms with Gasteiger partial charge in [0, 0.05) is 66.1 Å². The Labute approximate surface area is 163 Å². The lowest BCUT2D eigenvalue weighted by Crippen LogP contribution is -2.42. The van der Waals surface area contributed by atoms with Gasteiger partial charge >= 0.3 is 0 Å². The molecule has 1 unspecified atom stereocenters. The molecule has 0 aromatic rings. The Bertz CT molecular complexity index is 346. The van der Waals surface area contributed by atoms with Gasteiger partial charge in [0.2, 0.25) is 0 Å². The van der Waals surface area contributed by atoms with Crippen molar-refractivity contribution in [1.82, 2.24) is 10.2 Å². The highest BCUT2D eigenvalue weighted by atomic mass is 127. The Hall–Kier alpha value is -0.120. The number of rotatable bonds is 8. The van der Waals surface area contributed by atoms with Crippen LogP contribution in [0, 0.1) is 11.8 Å². The highest BCUT2D eigenvalue weighted by Crippen LogP contribution is 2.15. The van der Waals surface area contributed by atoms with E-state index in [1.54, 1.807) is 0 Å². The van der Waals surface area contributed by atoms with E-state index in [0.29, 0.717) is 11.8 Å². The number of nitrogens with one attached hydrogen (secondary N) is 1. The first-order valence-electron chi connectivity index (χ1n) is 8.94. The van der Waals surface area contributed by atoms with Gasteiger partial charge in [-0.05, 0) is 31.6 Å². The molecule has 2 heterocycles. The normalized spacial score (nSPS) is 22.2. The third-order valence-electron chi connectivity index (χ3n) is 4.57. The van der Waals surface area contributed by atoms with E-state index in [-0.39, 0.29) is 24.0 Å². The minimum atomic E-state index is 0. The highest BCUT2D eigenvalue weighted by molar-refractivity contribution is 14.0. The Kier molecular flexibility index (Phi) is 12.0. The molecule has 0 aromatic heterocycles. The van der Waals surface area contributed by atoms with Crippen LogP contribution >= 0.6 is 24.0 Å². The summed E-state index contributed by atoms with van der Waals surface area (Å²) in [5, 5.41) is 3.42. The molecule has 0 radical (unpaired) electrons. The number of aliphatic imine (C=N–C) groups is 1. The van der Waals surface area contributed by atoms with Gasteiger partial charge in [-0.3, -0.25) is 4.99 Å². The smallest absolute Gasteiger partial charge is 0.193 e. The van der Waals surface area contributed by atoms with E-state index in [4.69, 9.17) is 14.2 Å². The van der Waals surface area contributed by atoms with E-state index in [9.17, 15) is 0 Å². The topological polar surface area (TPSA) is 55.3 Å². The van der Waals surface area contributed by atoms with Gasteiger partial charge in [-0.15, -0.1) is 24.0 Å². The third-order valence-corrected chi connectivity index (χ3v) is 4.57. The molecule has 2 aliphatic heterocycles. The zero-order chi connectivity index (χ0) is 16.3. The molecule has 1 atom stereocenters. The molecule has 2 fully saturated rings. The van der Waals surface area contributed by atoms with Crippen molar-refractivity contribution in [3.63, 3.8) is 0 Å². The zero-order valence-electron chi connectivity index (χ0n) is 15.2. The van der Waals surface area contributed by atoms with Gasteiger partial charge in [0.05, 0.1) is 6.61 Å². The molecule has 2 saturated heterocycles. The largest absolute Gasteiger partial charge is 0.381 e. The second kappa shape index (κ2) is 13.1. The van der Waals surface area contributed by atoms with Crippen LogP contribution in [-0.2, 0) is 14.2 Å². The van der Waals surface area contributed by atoms with Crippen LogP contribution in [0.15, 0.2) is 4.99 Å². The first-order valence-corrected chi connectivity index (χ1v) is 8.94. The maximum atomic E-state index is 5.79. The van der Waals surface area contributed by atoms with Gasteiger partial charge in [0.15, 0.2) is 5.96 Å². The molecule has 1 N–H and O–H groups in total. The van der Waals surface area contributed by atoms with E-state index in [1.165, 1.54) is 0 Å². The van der Waals surface area contributed by atoms with Crippen molar-refractivity contribution in [1.29, 1.82) is 0 Å². The first kappa shape index (κ1) is 21.9. The fourth-order valence-electron chi connectivity index (χ4n) is 3.12. The van der Waals surface area contributed by atoms with Crippen molar-refractivity contribution in [3.05, 3.63) is 0 Å². The molecule has 6 nitrogen and oxygen atoms in total. The summed E-state index contributed by atoms with van der Waals surface area (Å²) in [6.45, 7) is 7.14. The molecule has 24 heavy (non-hydrogen) atoms. The van der Waals surface area contributed by atoms with Gasteiger partial charge in [-0.1, -0.05) is 0 Å².